The van der Waals surface area contributed by atoms with E-state index in [-0.39, 0.29) is 5.91 Å². The molecule has 2 aromatic heterocycles. The lowest BCUT2D eigenvalue weighted by molar-refractivity contribution is -0.115. The van der Waals surface area contributed by atoms with Gasteiger partial charge in [-0.05, 0) is 56.1 Å². The zero-order valence-electron chi connectivity index (χ0n) is 18.3. The van der Waals surface area contributed by atoms with Crippen molar-refractivity contribution in [2.75, 3.05) is 18.4 Å². The van der Waals surface area contributed by atoms with Crippen molar-refractivity contribution in [1.29, 1.82) is 0 Å². The Hall–Kier alpha value is -3.06. The molecule has 0 unspecified atom stereocenters. The molecule has 1 aliphatic heterocycles. The van der Waals surface area contributed by atoms with Crippen LogP contribution in [0.2, 0.25) is 0 Å². The summed E-state index contributed by atoms with van der Waals surface area (Å²) in [5.41, 5.74) is 4.43. The molecule has 0 saturated carbocycles. The van der Waals surface area contributed by atoms with Crippen molar-refractivity contribution in [2.45, 2.75) is 52.0 Å². The van der Waals surface area contributed by atoms with Crippen LogP contribution in [0.5, 0.6) is 0 Å². The molecule has 1 N–H and O–H groups in total. The number of pyridine rings is 1. The van der Waals surface area contributed by atoms with Gasteiger partial charge in [-0.1, -0.05) is 43.3 Å². The number of anilines is 1. The molecule has 7 heteroatoms. The van der Waals surface area contributed by atoms with Crippen molar-refractivity contribution in [1.82, 2.24) is 24.9 Å². The number of amides is 1. The maximum Gasteiger partial charge on any atom is 0.225 e. The van der Waals surface area contributed by atoms with Gasteiger partial charge in [-0.25, -0.2) is 9.67 Å². The van der Waals surface area contributed by atoms with Crippen molar-refractivity contribution < 1.29 is 4.79 Å². The lowest BCUT2D eigenvalue weighted by Crippen LogP contribution is -2.32. The van der Waals surface area contributed by atoms with Gasteiger partial charge in [-0.3, -0.25) is 9.69 Å². The van der Waals surface area contributed by atoms with Gasteiger partial charge in [0.15, 0.2) is 0 Å². The van der Waals surface area contributed by atoms with Gasteiger partial charge in [0, 0.05) is 24.6 Å². The minimum absolute atomic E-state index is 0.00549. The number of carbonyl (C=O) groups excluding carboxylic acids is 1. The highest BCUT2D eigenvalue weighted by molar-refractivity contribution is 5.89. The Morgan fingerprint density at radius 1 is 1.10 bits per heavy atom. The van der Waals surface area contributed by atoms with Crippen LogP contribution in [0.1, 0.15) is 56.0 Å². The predicted molar refractivity (Wildman–Crippen MR) is 121 cm³/mol. The van der Waals surface area contributed by atoms with Crippen molar-refractivity contribution >= 4 is 11.7 Å². The van der Waals surface area contributed by atoms with Gasteiger partial charge in [-0.15, -0.1) is 5.10 Å². The normalized spacial score (nSPS) is 15.2. The van der Waals surface area contributed by atoms with Crippen LogP contribution in [0.3, 0.4) is 0 Å². The Balaban J connectivity index is 1.34. The third-order valence-electron chi connectivity index (χ3n) is 5.91. The summed E-state index contributed by atoms with van der Waals surface area (Å²) >= 11 is 0. The summed E-state index contributed by atoms with van der Waals surface area (Å²) in [7, 11) is 0. The maximum absolute atomic E-state index is 11.6. The Labute approximate surface area is 183 Å². The molecule has 4 rings (SSSR count). The first-order valence-electron chi connectivity index (χ1n) is 11.1. The van der Waals surface area contributed by atoms with E-state index in [1.165, 1.54) is 5.56 Å². The van der Waals surface area contributed by atoms with Gasteiger partial charge in [0.25, 0.3) is 0 Å². The second kappa shape index (κ2) is 9.83. The largest absolute Gasteiger partial charge is 0.311 e. The van der Waals surface area contributed by atoms with Crippen molar-refractivity contribution in [3.63, 3.8) is 0 Å². The number of rotatable bonds is 7. The number of carbonyl (C=O) groups is 1. The quantitative estimate of drug-likeness (QED) is 0.629. The fourth-order valence-corrected chi connectivity index (χ4v) is 4.12. The molecule has 0 radical (unpaired) electrons. The molecule has 3 heterocycles. The van der Waals surface area contributed by atoms with E-state index in [2.05, 4.69) is 56.7 Å². The van der Waals surface area contributed by atoms with Crippen LogP contribution in [-0.2, 0) is 17.8 Å². The second-order valence-electron chi connectivity index (χ2n) is 8.04. The monoisotopic (exact) mass is 418 g/mol. The van der Waals surface area contributed by atoms with Gasteiger partial charge in [-0.2, -0.15) is 0 Å². The van der Waals surface area contributed by atoms with Gasteiger partial charge >= 0.3 is 0 Å². The number of benzene rings is 1. The number of para-hydroxylation sites is 1. The van der Waals surface area contributed by atoms with E-state index in [1.54, 1.807) is 0 Å². The molecule has 1 saturated heterocycles. The van der Waals surface area contributed by atoms with Gasteiger partial charge in [0.2, 0.25) is 5.91 Å². The van der Waals surface area contributed by atoms with E-state index >= 15 is 0 Å². The highest BCUT2D eigenvalue weighted by atomic mass is 16.1. The van der Waals surface area contributed by atoms with Gasteiger partial charge in [0.1, 0.15) is 5.82 Å². The summed E-state index contributed by atoms with van der Waals surface area (Å²) in [6, 6.07) is 14.2. The van der Waals surface area contributed by atoms with E-state index in [9.17, 15) is 4.79 Å². The van der Waals surface area contributed by atoms with Gasteiger partial charge < -0.3 is 5.32 Å². The average molecular weight is 419 g/mol. The van der Waals surface area contributed by atoms with Gasteiger partial charge in [0.05, 0.1) is 17.6 Å². The van der Waals surface area contributed by atoms with Crippen LogP contribution in [0.15, 0.2) is 48.7 Å². The summed E-state index contributed by atoms with van der Waals surface area (Å²) in [5.74, 6) is 1.06. The number of nitrogens with one attached hydrogen (secondary N) is 1. The summed E-state index contributed by atoms with van der Waals surface area (Å²) < 4.78 is 1.89. The molecule has 162 valence electrons. The Morgan fingerprint density at radius 3 is 2.68 bits per heavy atom. The summed E-state index contributed by atoms with van der Waals surface area (Å²) in [5, 5.41) is 11.6. The van der Waals surface area contributed by atoms with E-state index in [4.69, 9.17) is 0 Å². The summed E-state index contributed by atoms with van der Waals surface area (Å²) in [4.78, 5) is 18.7. The fourth-order valence-electron chi connectivity index (χ4n) is 4.12. The third kappa shape index (κ3) is 5.17. The number of aryl methyl sites for hydroxylation is 1. The van der Waals surface area contributed by atoms with Crippen molar-refractivity contribution in [2.24, 2.45) is 0 Å². The Bertz CT molecular complexity index is 1020. The lowest BCUT2D eigenvalue weighted by Gasteiger charge is -2.31. The summed E-state index contributed by atoms with van der Waals surface area (Å²) in [6.45, 7) is 6.80. The molecule has 31 heavy (non-hydrogen) atoms. The molecule has 0 aliphatic carbocycles. The van der Waals surface area contributed by atoms with Crippen LogP contribution in [0.4, 0.5) is 5.82 Å². The molecule has 7 nitrogen and oxygen atoms in total. The minimum atomic E-state index is -0.00549. The van der Waals surface area contributed by atoms with Crippen LogP contribution >= 0.6 is 0 Å². The zero-order chi connectivity index (χ0) is 21.6. The molecule has 3 aromatic rings. The first kappa shape index (κ1) is 21.2. The molecule has 0 bridgehead atoms. The second-order valence-corrected chi connectivity index (χ2v) is 8.04. The van der Waals surface area contributed by atoms with Crippen molar-refractivity contribution in [3.8, 4) is 5.69 Å². The average Bonchev–Trinajstić information content (AvgIpc) is 3.28. The topological polar surface area (TPSA) is 75.9 Å². The molecule has 0 atom stereocenters. The van der Waals surface area contributed by atoms with E-state index in [1.807, 2.05) is 36.0 Å². The fraction of sp³-hybridized carbons (Fsp3) is 0.417. The molecule has 1 aliphatic rings. The first-order valence-corrected chi connectivity index (χ1v) is 11.1. The van der Waals surface area contributed by atoms with Crippen molar-refractivity contribution in [3.05, 3.63) is 65.6 Å². The molecule has 1 amide bonds. The zero-order valence-corrected chi connectivity index (χ0v) is 18.3. The van der Waals surface area contributed by atoms with E-state index < -0.39 is 0 Å². The Kier molecular flexibility index (Phi) is 6.72. The van der Waals surface area contributed by atoms with Crippen LogP contribution < -0.4 is 5.32 Å². The number of nitrogens with zero attached hydrogens (tertiary/aromatic N) is 5. The standard InChI is InChI=1S/C24H30N6O/c1-3-18-8-5-6-10-22(18)30-17-20(27-28-30)16-29-14-12-19(13-15-29)21-9-7-11-23(25-21)26-24(31)4-2/h5-11,17,19H,3-4,12-16H2,1-2H3,(H,25,26,31). The summed E-state index contributed by atoms with van der Waals surface area (Å²) in [6.07, 6.45) is 5.56. The number of piperidine rings is 1. The smallest absolute Gasteiger partial charge is 0.225 e. The van der Waals surface area contributed by atoms with E-state index in [0.29, 0.717) is 18.2 Å². The lowest BCUT2D eigenvalue weighted by atomic mass is 9.93. The highest BCUT2D eigenvalue weighted by Gasteiger charge is 2.22. The predicted octanol–water partition coefficient (Wildman–Crippen LogP) is 3.95. The third-order valence-corrected chi connectivity index (χ3v) is 5.91. The number of likely N-dealkylation sites (tertiary alicyclic amines) is 1. The van der Waals surface area contributed by atoms with Crippen LogP contribution in [-0.4, -0.2) is 43.9 Å². The van der Waals surface area contributed by atoms with E-state index in [0.717, 1.165) is 56.0 Å². The molecular weight excluding hydrogens is 388 g/mol. The highest BCUT2D eigenvalue weighted by Crippen LogP contribution is 2.28. The molecule has 0 spiro atoms. The first-order chi connectivity index (χ1) is 15.2. The molecule has 1 aromatic carbocycles. The van der Waals surface area contributed by atoms with Crippen LogP contribution in [0.25, 0.3) is 5.69 Å². The number of aromatic nitrogens is 4. The Morgan fingerprint density at radius 2 is 1.90 bits per heavy atom. The maximum atomic E-state index is 11.6. The molecule has 1 fully saturated rings. The molecular formula is C24H30N6O. The number of hydrogen-bond acceptors (Lipinski definition) is 5. The minimum Gasteiger partial charge on any atom is -0.311 e. The number of hydrogen-bond donors (Lipinski definition) is 1. The SMILES string of the molecule is CCC(=O)Nc1cccc(C2CCN(Cc3cn(-c4ccccc4CC)nn3)CC2)n1. The van der Waals surface area contributed by atoms with Crippen LogP contribution in [0, 0.1) is 0 Å².